The number of ether oxygens (including phenoxy) is 11. The first-order valence-electron chi connectivity index (χ1n) is 48.1. The van der Waals surface area contributed by atoms with Crippen LogP contribution in [-0.2, 0) is 113 Å². The van der Waals surface area contributed by atoms with Gasteiger partial charge in [-0.3, -0.25) is 24.0 Å². The topological polar surface area (TPSA) is 402 Å². The van der Waals surface area contributed by atoms with Gasteiger partial charge in [0.1, 0.15) is 59.7 Å². The second kappa shape index (κ2) is 50.4. The van der Waals surface area contributed by atoms with Crippen molar-refractivity contribution in [2.24, 2.45) is 35.5 Å². The van der Waals surface area contributed by atoms with Crippen molar-refractivity contribution < 1.29 is 95.9 Å². The summed E-state index contributed by atoms with van der Waals surface area (Å²) in [5.74, 6) is -7.20. The number of aliphatic hydroxyl groups excluding tert-OH is 1. The third kappa shape index (κ3) is 27.6. The van der Waals surface area contributed by atoms with Gasteiger partial charge in [-0.1, -0.05) is 96.2 Å². The number of esters is 1. The van der Waals surface area contributed by atoms with Gasteiger partial charge in [0.25, 0.3) is 11.7 Å². The van der Waals surface area contributed by atoms with Gasteiger partial charge in [-0.2, -0.15) is 5.10 Å². The second-order valence-corrected chi connectivity index (χ2v) is 37.1. The fraction of sp³-hybridized carbons (Fsp3) is 0.630. The molecule has 3 saturated heterocycles. The monoisotopic (exact) mass is 1860 g/mol. The number of cyclic esters (lactones) is 1. The highest BCUT2D eigenvalue weighted by atomic mass is 16.6. The predicted octanol–water partition coefficient (Wildman–Crippen LogP) is 10.7. The number of piperidine rings is 1. The summed E-state index contributed by atoms with van der Waals surface area (Å²) in [6, 6.07) is 9.23. The van der Waals surface area contributed by atoms with Crippen molar-refractivity contribution in [2.75, 3.05) is 151 Å². The van der Waals surface area contributed by atoms with E-state index >= 15 is 0 Å². The predicted molar refractivity (Wildman–Crippen MR) is 504 cm³/mol. The molecule has 134 heavy (non-hydrogen) atoms. The van der Waals surface area contributed by atoms with E-state index in [2.05, 4.69) is 66.9 Å². The van der Waals surface area contributed by atoms with Crippen molar-refractivity contribution in [1.82, 2.24) is 59.3 Å². The number of hydrogen-bond donors (Lipinski definition) is 4. The number of piperazine rings is 1. The number of carbonyl (C=O) groups is 7. The minimum absolute atomic E-state index is 0.00133. The molecule has 34 heteroatoms. The summed E-state index contributed by atoms with van der Waals surface area (Å²) in [5.41, 5.74) is 15.9. The Hall–Kier alpha value is -9.69. The molecule has 3 amide bonds. The molecule has 0 radical (unpaired) electrons. The third-order valence-electron chi connectivity index (χ3n) is 27.2. The summed E-state index contributed by atoms with van der Waals surface area (Å²) >= 11 is 0. The standard InChI is InChI=1S/C64H96N6O14.C36H46N8O6/c1-39-17-13-12-14-18-40(2)53(79-9)35-48-22-20-45(7)64(78,84-48)59(74)60(75)70-25-16-15-19-50(70)61(76)82-54(36-51(71)41(3)32-44(6)57(73)58(81-11)56(72)43(5)31-39)42(4)33-46-21-23-52(55(34-46)80-10)83-63(77)69-26-24-49-47(38-69)37-65-62(66-49)68-29-27-67(8)28-30-68;1-2-10-46-12-14-48-16-18-50-19-17-49-15-13-47-11-7-31(45)43-9-6-27-20-26(3-4-29(27)24-43)23-44-36-32(34(37)40-25-41-36)33(42-44)30-21-28-5-8-38-35(28)39-22-30/h12-14,17-18,32,37,39,41-43,45-46,48,50,52-55,57-58,73,78H,15-16,19-31,33-36,38H2,1-11H3;3-5,8,20-22,25H,2,6-7,9-19,23-24H2,1H3,(H,38,39)(H2,37,40,41)/b14-12+,17-13+,40-18+,44-32+;/t39-,41-,42-,43-,45-,46+,48+,50+,52-,53+,54+,55-,57-,58+,64-;/m1./s1. The molecule has 6 aliphatic heterocycles. The summed E-state index contributed by atoms with van der Waals surface area (Å²) in [6.45, 7) is 26.3. The van der Waals surface area contributed by atoms with Gasteiger partial charge in [0.2, 0.25) is 17.6 Å². The lowest BCUT2D eigenvalue weighted by atomic mass is 9.78. The number of Topliss-reactive ketones (excluding diaryl/α,β-unsaturated/α-hetero) is 3. The zero-order valence-corrected chi connectivity index (χ0v) is 80.4. The smallest absolute Gasteiger partial charge is 0.410 e. The molecule has 732 valence electrons. The van der Waals surface area contributed by atoms with Crippen LogP contribution in [0.1, 0.15) is 173 Å². The Bertz CT molecular complexity index is 5030. The summed E-state index contributed by atoms with van der Waals surface area (Å²) < 4.78 is 65.7. The van der Waals surface area contributed by atoms with Gasteiger partial charge >= 0.3 is 12.1 Å². The van der Waals surface area contributed by atoms with Crippen molar-refractivity contribution in [3.8, 4) is 11.3 Å². The zero-order valence-electron chi connectivity index (χ0n) is 80.4. The first kappa shape index (κ1) is 103. The average Bonchev–Trinajstić information content (AvgIpc) is 1.73. The van der Waals surface area contributed by atoms with E-state index in [-0.39, 0.29) is 48.7 Å². The number of nitrogens with zero attached hydrogens (tertiary/aromatic N) is 12. The van der Waals surface area contributed by atoms with Gasteiger partial charge in [-0.15, -0.1) is 0 Å². The number of carbonyl (C=O) groups excluding carboxylic acids is 7. The van der Waals surface area contributed by atoms with Crippen molar-refractivity contribution in [2.45, 2.75) is 232 Å². The van der Waals surface area contributed by atoms with E-state index in [0.717, 1.165) is 96.1 Å². The first-order chi connectivity index (χ1) is 64.6. The molecule has 5 aromatic heterocycles. The molecule has 15 atom stereocenters. The summed E-state index contributed by atoms with van der Waals surface area (Å²) in [7, 11) is 6.66. The third-order valence-corrected chi connectivity index (χ3v) is 27.2. The number of nitrogens with two attached hydrogens (primary N) is 1. The van der Waals surface area contributed by atoms with E-state index < -0.39 is 102 Å². The lowest BCUT2D eigenvalue weighted by molar-refractivity contribution is -0.265. The summed E-state index contributed by atoms with van der Waals surface area (Å²) in [5, 5.41) is 30.3. The van der Waals surface area contributed by atoms with Crippen molar-refractivity contribution in [1.29, 1.82) is 0 Å². The maximum atomic E-state index is 14.7. The molecule has 2 bridgehead atoms. The van der Waals surface area contributed by atoms with Gasteiger partial charge in [0.05, 0.1) is 108 Å². The van der Waals surface area contributed by atoms with Crippen molar-refractivity contribution in [3.05, 3.63) is 131 Å². The van der Waals surface area contributed by atoms with Crippen LogP contribution in [0.4, 0.5) is 16.6 Å². The van der Waals surface area contributed by atoms with E-state index in [1.807, 2.05) is 92.2 Å². The number of nitrogen functional groups attached to an aromatic ring is 1. The van der Waals surface area contributed by atoms with E-state index in [9.17, 15) is 43.8 Å². The number of methoxy groups -OCH3 is 3. The second-order valence-electron chi connectivity index (χ2n) is 37.1. The maximum absolute atomic E-state index is 14.7. The van der Waals surface area contributed by atoms with Gasteiger partial charge in [-0.25, -0.2) is 39.2 Å². The molecule has 4 fully saturated rings. The number of fused-ring (bicyclic) bond motifs is 7. The number of nitrogens with one attached hydrogen (secondary N) is 1. The molecule has 7 aliphatic rings. The fourth-order valence-corrected chi connectivity index (χ4v) is 19.0. The number of hydrogen-bond acceptors (Lipinski definition) is 29. The molecule has 1 aromatic carbocycles. The molecule has 34 nitrogen and oxygen atoms in total. The maximum Gasteiger partial charge on any atom is 0.410 e. The Morgan fingerprint density at radius 1 is 0.716 bits per heavy atom. The SMILES string of the molecule is CCCOCCOCCOCCOCCOCCC(=O)N1CCc2cc(Cn3nc(-c4cnc5[nH]ccc5c4)c4c(N)ncnc43)ccc2C1.CO[C@H]1C[C@@H]2CC[C@@H](C)[C@@](O)(O2)C(=O)C(=O)N2CCCC[C@H]2C(=O)O[C@H]([C@H](C)C[C@@H]2CC[C@@H](OC(=O)N3CCc4nc(N5CCN(C)CC5)ncc4C3)[C@H](OC)C2)CC(=O)[C@H](C)/C=C(\C)[C@@H](O)[C@@H](OC)C(=O)[C@H](C)C[C@H](C)/C=C/C=C/C=C/1C. The van der Waals surface area contributed by atoms with Crippen LogP contribution < -0.4 is 10.6 Å². The molecule has 1 aliphatic carbocycles. The minimum Gasteiger partial charge on any atom is -0.460 e. The van der Waals surface area contributed by atoms with Crippen LogP contribution in [0.3, 0.4) is 0 Å². The number of aromatic nitrogens is 8. The number of H-pyrrole nitrogens is 1. The lowest BCUT2D eigenvalue weighted by Gasteiger charge is -2.42. The molecular formula is C100H142N14O20. The van der Waals surface area contributed by atoms with E-state index in [1.54, 1.807) is 52.2 Å². The van der Waals surface area contributed by atoms with E-state index in [4.69, 9.17) is 67.9 Å². The Morgan fingerprint density at radius 2 is 1.44 bits per heavy atom. The van der Waals surface area contributed by atoms with Crippen LogP contribution in [-0.4, -0.2) is 306 Å². The number of anilines is 2. The minimum atomic E-state index is -2.46. The molecule has 0 unspecified atom stereocenters. The molecule has 0 spiro atoms. The number of pyridine rings is 1. The molecule has 1 saturated carbocycles. The van der Waals surface area contributed by atoms with Gasteiger partial charge in [0.15, 0.2) is 11.4 Å². The van der Waals surface area contributed by atoms with Crippen LogP contribution in [0, 0.1) is 35.5 Å². The Kier molecular flexibility index (Phi) is 38.8. The van der Waals surface area contributed by atoms with Gasteiger partial charge in [-0.05, 0) is 156 Å². The highest BCUT2D eigenvalue weighted by Gasteiger charge is 2.53. The molecule has 6 aromatic rings. The number of ketones is 3. The Labute approximate surface area is 787 Å². The molecule has 5 N–H and O–H groups in total. The number of aromatic amines is 1. The Morgan fingerprint density at radius 3 is 2.16 bits per heavy atom. The Balaban J connectivity index is 0.000000274. The number of amides is 3. The largest absolute Gasteiger partial charge is 0.460 e. The van der Waals surface area contributed by atoms with E-state index in [1.165, 1.54) is 23.9 Å². The summed E-state index contributed by atoms with van der Waals surface area (Å²) in [6.07, 6.45) is 19.8. The van der Waals surface area contributed by atoms with Crippen LogP contribution in [0.5, 0.6) is 0 Å². The first-order valence-corrected chi connectivity index (χ1v) is 48.1. The van der Waals surface area contributed by atoms with Crippen LogP contribution in [0.2, 0.25) is 0 Å². The van der Waals surface area contributed by atoms with Crippen LogP contribution >= 0.6 is 0 Å². The molecular weight excluding hydrogens is 1720 g/mol. The molecule has 13 rings (SSSR count). The average molecular weight is 1860 g/mol. The molecule has 11 heterocycles. The zero-order chi connectivity index (χ0) is 95.5. The van der Waals surface area contributed by atoms with Gasteiger partial charge < -0.3 is 97.5 Å². The number of allylic oxidation sites excluding steroid dienone is 6. The number of likely N-dealkylation sites (N-methyl/N-ethyl adjacent to an activating group) is 1. The fourth-order valence-electron chi connectivity index (χ4n) is 19.0. The van der Waals surface area contributed by atoms with Gasteiger partial charge in [0, 0.05) is 152 Å². The van der Waals surface area contributed by atoms with Crippen molar-refractivity contribution in [3.63, 3.8) is 0 Å². The number of benzene rings is 1. The lowest BCUT2D eigenvalue weighted by Crippen LogP contribution is -2.61. The number of rotatable bonds is 28. The van der Waals surface area contributed by atoms with E-state index in [0.29, 0.717) is 197 Å². The van der Waals surface area contributed by atoms with Crippen LogP contribution in [0.15, 0.2) is 103 Å². The number of aliphatic hydroxyl groups is 2. The normalized spacial score (nSPS) is 27.4. The van der Waals surface area contributed by atoms with Crippen molar-refractivity contribution >= 4 is 75.1 Å². The highest BCUT2D eigenvalue weighted by Crippen LogP contribution is 2.40. The highest BCUT2D eigenvalue weighted by molar-refractivity contribution is 6.39. The van der Waals surface area contributed by atoms with Crippen LogP contribution in [0.25, 0.3) is 33.3 Å². The summed E-state index contributed by atoms with van der Waals surface area (Å²) in [4.78, 5) is 134. The quantitative estimate of drug-likeness (QED) is 0.0153.